The zero-order valence-electron chi connectivity index (χ0n) is 9.82. The van der Waals surface area contributed by atoms with Crippen LogP contribution >= 0.6 is 0 Å². The lowest BCUT2D eigenvalue weighted by atomic mass is 10.2. The minimum atomic E-state index is -4.43. The molecule has 0 bridgehead atoms. The van der Waals surface area contributed by atoms with E-state index in [0.717, 1.165) is 4.68 Å². The van der Waals surface area contributed by atoms with E-state index in [-0.39, 0.29) is 5.56 Å². The third-order valence-electron chi connectivity index (χ3n) is 2.54. The van der Waals surface area contributed by atoms with Crippen LogP contribution in [0.1, 0.15) is 11.3 Å². The first kappa shape index (κ1) is 12.5. The van der Waals surface area contributed by atoms with Gasteiger partial charge in [-0.15, -0.1) is 0 Å². The number of nitrogens with zero attached hydrogens (tertiary/aromatic N) is 2. The number of alkyl halides is 3. The molecule has 3 nitrogen and oxygen atoms in total. The van der Waals surface area contributed by atoms with Crippen molar-refractivity contribution >= 4 is 0 Å². The van der Waals surface area contributed by atoms with Gasteiger partial charge in [0.15, 0.2) is 5.69 Å². The number of ether oxygens (including phenoxy) is 1. The van der Waals surface area contributed by atoms with E-state index in [0.29, 0.717) is 11.4 Å². The van der Waals surface area contributed by atoms with E-state index in [9.17, 15) is 13.2 Å². The molecule has 2 aromatic rings. The molecule has 0 radical (unpaired) electrons. The van der Waals surface area contributed by atoms with Gasteiger partial charge in [0, 0.05) is 0 Å². The van der Waals surface area contributed by atoms with Gasteiger partial charge < -0.3 is 4.74 Å². The average molecular weight is 256 g/mol. The lowest BCUT2D eigenvalue weighted by Crippen LogP contribution is -2.14. The number of aryl methyl sites for hydroxylation is 1. The van der Waals surface area contributed by atoms with Crippen molar-refractivity contribution in [2.45, 2.75) is 13.1 Å². The summed E-state index contributed by atoms with van der Waals surface area (Å²) in [7, 11) is 1.49. The second-order valence-corrected chi connectivity index (χ2v) is 3.78. The van der Waals surface area contributed by atoms with Crippen LogP contribution in [0.2, 0.25) is 0 Å². The number of rotatable bonds is 2. The Morgan fingerprint density at radius 2 is 1.78 bits per heavy atom. The molecule has 0 aliphatic heterocycles. The summed E-state index contributed by atoms with van der Waals surface area (Å²) in [6.45, 7) is 1.38. The summed E-state index contributed by atoms with van der Waals surface area (Å²) in [5.41, 5.74) is -0.317. The minimum Gasteiger partial charge on any atom is -0.497 e. The van der Waals surface area contributed by atoms with Gasteiger partial charge >= 0.3 is 6.18 Å². The molecule has 0 unspecified atom stereocenters. The maximum absolute atomic E-state index is 12.9. The molecule has 0 atom stereocenters. The largest absolute Gasteiger partial charge is 0.497 e. The molecule has 18 heavy (non-hydrogen) atoms. The maximum atomic E-state index is 12.9. The van der Waals surface area contributed by atoms with Crippen LogP contribution in [0.5, 0.6) is 5.75 Å². The van der Waals surface area contributed by atoms with Gasteiger partial charge in [-0.2, -0.15) is 18.3 Å². The number of methoxy groups -OCH3 is 1. The molecule has 0 aliphatic carbocycles. The molecule has 6 heteroatoms. The normalized spacial score (nSPS) is 11.6. The lowest BCUT2D eigenvalue weighted by molar-refractivity contribution is -0.143. The predicted molar refractivity (Wildman–Crippen MR) is 59.9 cm³/mol. The zero-order chi connectivity index (χ0) is 13.3. The van der Waals surface area contributed by atoms with E-state index in [4.69, 9.17) is 4.74 Å². The highest BCUT2D eigenvalue weighted by molar-refractivity contribution is 5.39. The smallest absolute Gasteiger partial charge is 0.433 e. The zero-order valence-corrected chi connectivity index (χ0v) is 9.82. The Labute approximate surface area is 102 Å². The summed E-state index contributed by atoms with van der Waals surface area (Å²) >= 11 is 0. The molecule has 0 saturated carbocycles. The summed E-state index contributed by atoms with van der Waals surface area (Å²) in [6.07, 6.45) is -3.23. The molecule has 0 spiro atoms. The maximum Gasteiger partial charge on any atom is 0.433 e. The lowest BCUT2D eigenvalue weighted by Gasteiger charge is -2.11. The van der Waals surface area contributed by atoms with Gasteiger partial charge in [0.2, 0.25) is 0 Å². The molecule has 0 aliphatic rings. The molecular weight excluding hydrogens is 245 g/mol. The Balaban J connectivity index is 2.51. The third-order valence-corrected chi connectivity index (χ3v) is 2.54. The first-order chi connectivity index (χ1) is 8.43. The van der Waals surface area contributed by atoms with E-state index in [1.807, 2.05) is 0 Å². The van der Waals surface area contributed by atoms with Gasteiger partial charge in [-0.1, -0.05) is 0 Å². The Kier molecular flexibility index (Phi) is 3.02. The molecule has 96 valence electrons. The number of benzene rings is 1. The fourth-order valence-corrected chi connectivity index (χ4v) is 1.69. The van der Waals surface area contributed by atoms with E-state index in [1.165, 1.54) is 32.4 Å². The highest BCUT2D eigenvalue weighted by Gasteiger charge is 2.37. The van der Waals surface area contributed by atoms with Crippen molar-refractivity contribution in [1.29, 1.82) is 0 Å². The molecular formula is C12H11F3N2O. The summed E-state index contributed by atoms with van der Waals surface area (Å²) in [4.78, 5) is 0. The first-order valence-electron chi connectivity index (χ1n) is 5.19. The van der Waals surface area contributed by atoms with E-state index in [2.05, 4.69) is 5.10 Å². The summed E-state index contributed by atoms with van der Waals surface area (Å²) in [5.74, 6) is 0.580. The first-order valence-corrected chi connectivity index (χ1v) is 5.19. The van der Waals surface area contributed by atoms with Crippen molar-refractivity contribution in [3.05, 3.63) is 41.7 Å². The highest BCUT2D eigenvalue weighted by Crippen LogP contribution is 2.33. The van der Waals surface area contributed by atoms with Crippen LogP contribution in [0.3, 0.4) is 0 Å². The number of halogens is 3. The van der Waals surface area contributed by atoms with Crippen molar-refractivity contribution in [2.75, 3.05) is 7.11 Å². The van der Waals surface area contributed by atoms with Gasteiger partial charge in [0.05, 0.1) is 19.0 Å². The van der Waals surface area contributed by atoms with Gasteiger partial charge in [0.25, 0.3) is 0 Å². The van der Waals surface area contributed by atoms with Crippen molar-refractivity contribution in [3.8, 4) is 11.4 Å². The predicted octanol–water partition coefficient (Wildman–Crippen LogP) is 3.21. The van der Waals surface area contributed by atoms with Crippen molar-refractivity contribution in [2.24, 2.45) is 0 Å². The molecule has 0 fully saturated rings. The number of hydrogen-bond acceptors (Lipinski definition) is 2. The Morgan fingerprint density at radius 3 is 2.28 bits per heavy atom. The quantitative estimate of drug-likeness (QED) is 0.825. The number of aromatic nitrogens is 2. The van der Waals surface area contributed by atoms with E-state index >= 15 is 0 Å². The van der Waals surface area contributed by atoms with E-state index in [1.54, 1.807) is 12.1 Å². The summed E-state index contributed by atoms with van der Waals surface area (Å²) < 4.78 is 44.5. The van der Waals surface area contributed by atoms with Crippen LogP contribution in [0.25, 0.3) is 5.69 Å². The van der Waals surface area contributed by atoms with Crippen LogP contribution in [-0.4, -0.2) is 16.9 Å². The van der Waals surface area contributed by atoms with Crippen molar-refractivity contribution < 1.29 is 17.9 Å². The molecule has 0 saturated heterocycles. The van der Waals surface area contributed by atoms with E-state index < -0.39 is 11.9 Å². The van der Waals surface area contributed by atoms with Gasteiger partial charge in [-0.05, 0) is 36.8 Å². The fourth-order valence-electron chi connectivity index (χ4n) is 1.69. The van der Waals surface area contributed by atoms with Crippen molar-refractivity contribution in [1.82, 2.24) is 9.78 Å². The molecule has 1 heterocycles. The van der Waals surface area contributed by atoms with Crippen LogP contribution in [0.15, 0.2) is 30.5 Å². The Morgan fingerprint density at radius 1 is 1.17 bits per heavy atom. The van der Waals surface area contributed by atoms with Crippen LogP contribution in [-0.2, 0) is 6.18 Å². The summed E-state index contributed by atoms with van der Waals surface area (Å²) in [5, 5.41) is 3.76. The van der Waals surface area contributed by atoms with Crippen LogP contribution in [0.4, 0.5) is 13.2 Å². The third kappa shape index (κ3) is 2.18. The molecule has 1 aromatic carbocycles. The average Bonchev–Trinajstić information content (AvgIpc) is 2.71. The monoisotopic (exact) mass is 256 g/mol. The van der Waals surface area contributed by atoms with Gasteiger partial charge in [0.1, 0.15) is 5.75 Å². The van der Waals surface area contributed by atoms with Gasteiger partial charge in [-0.3, -0.25) is 0 Å². The van der Waals surface area contributed by atoms with Gasteiger partial charge in [-0.25, -0.2) is 4.68 Å². The summed E-state index contributed by atoms with van der Waals surface area (Å²) in [6, 6.07) is 6.24. The molecule has 0 amide bonds. The molecule has 0 N–H and O–H groups in total. The second kappa shape index (κ2) is 4.36. The number of hydrogen-bond donors (Lipinski definition) is 0. The van der Waals surface area contributed by atoms with Crippen LogP contribution < -0.4 is 4.74 Å². The fraction of sp³-hybridized carbons (Fsp3) is 0.250. The highest BCUT2D eigenvalue weighted by atomic mass is 19.4. The Bertz CT molecular complexity index is 543. The van der Waals surface area contributed by atoms with Crippen LogP contribution in [0, 0.1) is 6.92 Å². The Hall–Kier alpha value is -1.98. The topological polar surface area (TPSA) is 27.1 Å². The second-order valence-electron chi connectivity index (χ2n) is 3.78. The SMILES string of the molecule is COc1ccc(-n2ncc(C)c2C(F)(F)F)cc1. The minimum absolute atomic E-state index is 0.0957. The molecule has 1 aromatic heterocycles. The standard InChI is InChI=1S/C12H11F3N2O/c1-8-7-16-17(11(8)12(13,14)15)9-3-5-10(18-2)6-4-9/h3-7H,1-2H3. The van der Waals surface area contributed by atoms with Crippen molar-refractivity contribution in [3.63, 3.8) is 0 Å². The molecule has 2 rings (SSSR count).